The van der Waals surface area contributed by atoms with E-state index in [1.807, 2.05) is 36.4 Å². The molecular weight excluding hydrogens is 272 g/mol. The van der Waals surface area contributed by atoms with E-state index in [1.54, 1.807) is 4.80 Å². The molecule has 3 aromatic rings. The molecule has 0 N–H and O–H groups in total. The van der Waals surface area contributed by atoms with E-state index in [2.05, 4.69) is 53.5 Å². The van der Waals surface area contributed by atoms with Gasteiger partial charge in [0.1, 0.15) is 5.54 Å². The molecule has 3 rings (SSSR count). The summed E-state index contributed by atoms with van der Waals surface area (Å²) in [6.45, 7) is 4.19. The van der Waals surface area contributed by atoms with Crippen molar-refractivity contribution < 1.29 is 0 Å². The Balaban J connectivity index is 0.00000176. The monoisotopic (exact) mass is 294 g/mol. The van der Waals surface area contributed by atoms with Gasteiger partial charge >= 0.3 is 0 Å². The first kappa shape index (κ1) is 15.9. The number of tetrazole rings is 1. The highest BCUT2D eigenvalue weighted by Crippen LogP contribution is 2.23. The fraction of sp³-hybridized carbons (Fsp3) is 0.278. The van der Waals surface area contributed by atoms with E-state index in [1.165, 1.54) is 5.56 Å². The first-order valence-corrected chi connectivity index (χ1v) is 7.05. The molecule has 4 nitrogen and oxygen atoms in total. The molecular formula is C18H22N4. The lowest BCUT2D eigenvalue weighted by atomic mass is 9.95. The Morgan fingerprint density at radius 1 is 0.909 bits per heavy atom. The van der Waals surface area contributed by atoms with Gasteiger partial charge in [0.25, 0.3) is 0 Å². The Labute approximate surface area is 131 Å². The summed E-state index contributed by atoms with van der Waals surface area (Å²) >= 11 is 0. The van der Waals surface area contributed by atoms with Crippen LogP contribution in [0.5, 0.6) is 0 Å². The van der Waals surface area contributed by atoms with Crippen LogP contribution in [-0.2, 0) is 12.0 Å². The van der Waals surface area contributed by atoms with Crippen LogP contribution in [0.1, 0.15) is 38.2 Å². The Morgan fingerprint density at radius 2 is 1.50 bits per heavy atom. The number of hydrogen-bond donors (Lipinski definition) is 0. The Bertz CT molecular complexity index is 702. The van der Waals surface area contributed by atoms with E-state index in [4.69, 9.17) is 0 Å². The third-order valence-corrected chi connectivity index (χ3v) is 3.64. The van der Waals surface area contributed by atoms with Crippen LogP contribution in [0.2, 0.25) is 0 Å². The largest absolute Gasteiger partial charge is 0.179 e. The van der Waals surface area contributed by atoms with Crippen molar-refractivity contribution in [3.8, 4) is 0 Å². The van der Waals surface area contributed by atoms with Crippen LogP contribution in [-0.4, -0.2) is 20.2 Å². The van der Waals surface area contributed by atoms with Gasteiger partial charge in [0, 0.05) is 6.42 Å². The fourth-order valence-electron chi connectivity index (χ4n) is 2.29. The van der Waals surface area contributed by atoms with Crippen molar-refractivity contribution in [3.63, 3.8) is 0 Å². The van der Waals surface area contributed by atoms with Gasteiger partial charge in [-0.1, -0.05) is 68.1 Å². The molecule has 0 aliphatic rings. The minimum Gasteiger partial charge on any atom is -0.154 e. The average Bonchev–Trinajstić information content (AvgIpc) is 2.98. The summed E-state index contributed by atoms with van der Waals surface area (Å²) in [5, 5.41) is 13.0. The third-order valence-electron chi connectivity index (χ3n) is 3.64. The van der Waals surface area contributed by atoms with Gasteiger partial charge in [0.15, 0.2) is 5.82 Å². The lowest BCUT2D eigenvalue weighted by molar-refractivity contribution is 0.335. The predicted molar refractivity (Wildman–Crippen MR) is 88.7 cm³/mol. The first-order valence-electron chi connectivity index (χ1n) is 7.05. The molecule has 0 aliphatic heterocycles. The molecule has 0 unspecified atom stereocenters. The van der Waals surface area contributed by atoms with E-state index in [9.17, 15) is 0 Å². The fourth-order valence-corrected chi connectivity index (χ4v) is 2.29. The molecule has 0 saturated carbocycles. The zero-order valence-corrected chi connectivity index (χ0v) is 12.3. The summed E-state index contributed by atoms with van der Waals surface area (Å²) < 4.78 is 0. The van der Waals surface area contributed by atoms with Crippen molar-refractivity contribution in [1.82, 2.24) is 20.2 Å². The van der Waals surface area contributed by atoms with E-state index in [0.29, 0.717) is 6.42 Å². The van der Waals surface area contributed by atoms with Crippen LogP contribution in [0.15, 0.2) is 60.7 Å². The lowest BCUT2D eigenvalue weighted by Gasteiger charge is -2.23. The van der Waals surface area contributed by atoms with Crippen molar-refractivity contribution in [2.24, 2.45) is 0 Å². The molecule has 114 valence electrons. The SMILES string of the molecule is C.CC(C)(c1ccccc1)n1nnc(Cc2ccccc2)n1. The second-order valence-electron chi connectivity index (χ2n) is 5.58. The topological polar surface area (TPSA) is 43.6 Å². The van der Waals surface area contributed by atoms with E-state index < -0.39 is 0 Å². The van der Waals surface area contributed by atoms with Gasteiger partial charge in [-0.15, -0.1) is 10.2 Å². The van der Waals surface area contributed by atoms with Crippen LogP contribution in [0.4, 0.5) is 0 Å². The maximum atomic E-state index is 4.55. The third kappa shape index (κ3) is 3.22. The smallest absolute Gasteiger partial charge is 0.154 e. The maximum absolute atomic E-state index is 4.55. The molecule has 1 heterocycles. The number of rotatable bonds is 4. The zero-order valence-electron chi connectivity index (χ0n) is 12.3. The summed E-state index contributed by atoms with van der Waals surface area (Å²) in [5.41, 5.74) is 2.03. The van der Waals surface area contributed by atoms with E-state index in [-0.39, 0.29) is 13.0 Å². The van der Waals surface area contributed by atoms with Gasteiger partial charge in [-0.3, -0.25) is 0 Å². The van der Waals surface area contributed by atoms with Gasteiger partial charge in [0.2, 0.25) is 0 Å². The number of benzene rings is 2. The lowest BCUT2D eigenvalue weighted by Crippen LogP contribution is -2.30. The van der Waals surface area contributed by atoms with Crippen LogP contribution in [0.25, 0.3) is 0 Å². The highest BCUT2D eigenvalue weighted by Gasteiger charge is 2.25. The van der Waals surface area contributed by atoms with Crippen molar-refractivity contribution in [2.75, 3.05) is 0 Å². The van der Waals surface area contributed by atoms with Crippen molar-refractivity contribution in [1.29, 1.82) is 0 Å². The molecule has 2 aromatic carbocycles. The molecule has 22 heavy (non-hydrogen) atoms. The Kier molecular flexibility index (Phi) is 4.71. The zero-order chi connectivity index (χ0) is 14.7. The number of aromatic nitrogens is 4. The maximum Gasteiger partial charge on any atom is 0.179 e. The molecule has 0 aliphatic carbocycles. The standard InChI is InChI=1S/C17H18N4.CH4/c1-17(2,15-11-7-4-8-12-15)21-19-16(18-20-21)13-14-9-5-3-6-10-14;/h3-12H,13H2,1-2H3;1H4. The molecule has 0 bridgehead atoms. The normalized spacial score (nSPS) is 11.0. The van der Waals surface area contributed by atoms with Gasteiger partial charge < -0.3 is 0 Å². The highest BCUT2D eigenvalue weighted by atomic mass is 15.6. The van der Waals surface area contributed by atoms with Crippen molar-refractivity contribution in [2.45, 2.75) is 33.2 Å². The van der Waals surface area contributed by atoms with E-state index in [0.717, 1.165) is 11.4 Å². The van der Waals surface area contributed by atoms with Crippen molar-refractivity contribution in [3.05, 3.63) is 77.6 Å². The minimum atomic E-state index is -0.316. The molecule has 0 fully saturated rings. The summed E-state index contributed by atoms with van der Waals surface area (Å²) in [6, 6.07) is 20.4. The van der Waals surface area contributed by atoms with Crippen molar-refractivity contribution >= 4 is 0 Å². The minimum absolute atomic E-state index is 0. The molecule has 0 saturated heterocycles. The van der Waals surface area contributed by atoms with Crippen LogP contribution in [0.3, 0.4) is 0 Å². The molecule has 0 radical (unpaired) electrons. The number of hydrogen-bond acceptors (Lipinski definition) is 3. The molecule has 4 heteroatoms. The summed E-state index contributed by atoms with van der Waals surface area (Å²) in [7, 11) is 0. The predicted octanol–water partition coefficient (Wildman–Crippen LogP) is 3.68. The van der Waals surface area contributed by atoms with Crippen LogP contribution >= 0.6 is 0 Å². The van der Waals surface area contributed by atoms with Gasteiger partial charge in [-0.05, 0) is 30.2 Å². The molecule has 1 aromatic heterocycles. The Hall–Kier alpha value is -2.49. The molecule has 0 atom stereocenters. The summed E-state index contributed by atoms with van der Waals surface area (Å²) in [5.74, 6) is 0.741. The van der Waals surface area contributed by atoms with Gasteiger partial charge in [0.05, 0.1) is 0 Å². The van der Waals surface area contributed by atoms with Crippen LogP contribution in [0, 0.1) is 0 Å². The second-order valence-corrected chi connectivity index (χ2v) is 5.58. The highest BCUT2D eigenvalue weighted by molar-refractivity contribution is 5.23. The quantitative estimate of drug-likeness (QED) is 0.737. The first-order chi connectivity index (χ1) is 10.2. The summed E-state index contributed by atoms with van der Waals surface area (Å²) in [6.07, 6.45) is 0.700. The van der Waals surface area contributed by atoms with Gasteiger partial charge in [-0.25, -0.2) is 0 Å². The summed E-state index contributed by atoms with van der Waals surface area (Å²) in [4.78, 5) is 1.70. The van der Waals surface area contributed by atoms with Gasteiger partial charge in [-0.2, -0.15) is 4.80 Å². The van der Waals surface area contributed by atoms with Crippen LogP contribution < -0.4 is 0 Å². The molecule has 0 spiro atoms. The molecule has 0 amide bonds. The second kappa shape index (κ2) is 6.52. The Morgan fingerprint density at radius 3 is 2.14 bits per heavy atom. The van der Waals surface area contributed by atoms with E-state index >= 15 is 0 Å². The average molecular weight is 294 g/mol. The number of nitrogens with zero attached hydrogens (tertiary/aromatic N) is 4.